The largest absolute Gasteiger partial charge is 0.351 e. The molecule has 0 aliphatic heterocycles. The summed E-state index contributed by atoms with van der Waals surface area (Å²) in [5.74, 6) is 1.07. The highest BCUT2D eigenvalue weighted by atomic mass is 16.2. The predicted molar refractivity (Wildman–Crippen MR) is 52.5 cm³/mol. The highest BCUT2D eigenvalue weighted by molar-refractivity contribution is 5.96. The Morgan fingerprint density at radius 1 is 1.57 bits per heavy atom. The molecule has 1 rings (SSSR count). The summed E-state index contributed by atoms with van der Waals surface area (Å²) in [4.78, 5) is 21.6. The molecule has 0 spiro atoms. The van der Waals surface area contributed by atoms with Crippen molar-refractivity contribution in [1.82, 2.24) is 10.6 Å². The minimum atomic E-state index is -0.802. The lowest BCUT2D eigenvalue weighted by Crippen LogP contribution is -2.46. The fourth-order valence-corrected chi connectivity index (χ4v) is 1.33. The van der Waals surface area contributed by atoms with Crippen LogP contribution in [0.25, 0.3) is 0 Å². The first-order valence-electron chi connectivity index (χ1n) is 4.84. The summed E-state index contributed by atoms with van der Waals surface area (Å²) >= 11 is 0. The lowest BCUT2D eigenvalue weighted by molar-refractivity contribution is -0.121. The maximum atomic E-state index is 11.2. The quantitative estimate of drug-likeness (QED) is 0.587. The van der Waals surface area contributed by atoms with E-state index < -0.39 is 6.03 Å². The number of carbonyl (C=O) groups excluding carboxylic acids is 2. The molecule has 3 atom stereocenters. The van der Waals surface area contributed by atoms with Crippen LogP contribution in [0, 0.1) is 11.8 Å². The van der Waals surface area contributed by atoms with E-state index in [9.17, 15) is 9.59 Å². The molecule has 5 heteroatoms. The molecule has 1 aliphatic rings. The van der Waals surface area contributed by atoms with Gasteiger partial charge < -0.3 is 11.1 Å². The fourth-order valence-electron chi connectivity index (χ4n) is 1.33. The normalized spacial score (nSPS) is 26.7. The third-order valence-electron chi connectivity index (χ3n) is 2.60. The lowest BCUT2D eigenvalue weighted by Gasteiger charge is -2.11. The number of imide groups is 1. The fraction of sp³-hybridized carbons (Fsp3) is 0.778. The van der Waals surface area contributed by atoms with E-state index in [1.165, 1.54) is 6.42 Å². The highest BCUT2D eigenvalue weighted by Gasteiger charge is 2.32. The Hall–Kier alpha value is -1.10. The third-order valence-corrected chi connectivity index (χ3v) is 2.60. The molecule has 0 radical (unpaired) electrons. The van der Waals surface area contributed by atoms with E-state index in [0.29, 0.717) is 5.92 Å². The molecule has 0 aromatic rings. The molecule has 5 nitrogen and oxygen atoms in total. The van der Waals surface area contributed by atoms with Gasteiger partial charge in [0, 0.05) is 0 Å². The molecule has 0 bridgehead atoms. The first-order chi connectivity index (χ1) is 6.50. The molecule has 14 heavy (non-hydrogen) atoms. The Kier molecular flexibility index (Phi) is 3.46. The number of carbonyl (C=O) groups is 2. The van der Waals surface area contributed by atoms with Crippen molar-refractivity contribution >= 4 is 11.9 Å². The Balaban J connectivity index is 2.16. The van der Waals surface area contributed by atoms with Gasteiger partial charge in [0.05, 0.1) is 6.04 Å². The summed E-state index contributed by atoms with van der Waals surface area (Å²) in [7, 11) is 0. The van der Waals surface area contributed by atoms with Gasteiger partial charge in [-0.2, -0.15) is 0 Å². The molecule has 0 aromatic heterocycles. The van der Waals surface area contributed by atoms with Crippen LogP contribution in [0.3, 0.4) is 0 Å². The first-order valence-corrected chi connectivity index (χ1v) is 4.84. The first kappa shape index (κ1) is 11.0. The Morgan fingerprint density at radius 2 is 2.14 bits per heavy atom. The zero-order valence-corrected chi connectivity index (χ0v) is 8.54. The maximum Gasteiger partial charge on any atom is 0.318 e. The van der Waals surface area contributed by atoms with Crippen molar-refractivity contribution in [2.45, 2.75) is 26.3 Å². The summed E-state index contributed by atoms with van der Waals surface area (Å²) in [6.07, 6.45) is 1.22. The average molecular weight is 199 g/mol. The number of primary amides is 1. The van der Waals surface area contributed by atoms with E-state index in [-0.39, 0.29) is 11.9 Å². The number of rotatable bonds is 4. The summed E-state index contributed by atoms with van der Waals surface area (Å²) in [5, 5.41) is 5.10. The van der Waals surface area contributed by atoms with Gasteiger partial charge in [-0.25, -0.2) is 4.79 Å². The van der Waals surface area contributed by atoms with Crippen molar-refractivity contribution in [2.24, 2.45) is 17.6 Å². The van der Waals surface area contributed by atoms with Crippen LogP contribution in [0.2, 0.25) is 0 Å². The van der Waals surface area contributed by atoms with Crippen molar-refractivity contribution in [3.05, 3.63) is 0 Å². The minimum absolute atomic E-state index is 0.365. The van der Waals surface area contributed by atoms with Crippen LogP contribution < -0.4 is 16.4 Å². The van der Waals surface area contributed by atoms with Gasteiger partial charge >= 0.3 is 6.03 Å². The van der Waals surface area contributed by atoms with Crippen molar-refractivity contribution < 1.29 is 9.59 Å². The van der Waals surface area contributed by atoms with Crippen LogP contribution in [0.1, 0.15) is 20.3 Å². The molecular weight excluding hydrogens is 182 g/mol. The molecule has 80 valence electrons. The SMILES string of the molecule is CC(NCC1CC1C)C(=O)NC(N)=O. The second-order valence-electron chi connectivity index (χ2n) is 3.96. The Bertz CT molecular complexity index is 242. The number of hydrogen-bond donors (Lipinski definition) is 3. The molecular formula is C9H17N3O2. The van der Waals surface area contributed by atoms with E-state index >= 15 is 0 Å². The number of nitrogens with two attached hydrogens (primary N) is 1. The smallest absolute Gasteiger partial charge is 0.318 e. The van der Waals surface area contributed by atoms with E-state index in [1.54, 1.807) is 6.92 Å². The van der Waals surface area contributed by atoms with Crippen molar-refractivity contribution in [3.63, 3.8) is 0 Å². The summed E-state index contributed by atoms with van der Waals surface area (Å²) in [6, 6.07) is -1.17. The molecule has 3 amide bonds. The lowest BCUT2D eigenvalue weighted by atomic mass is 10.2. The molecule has 1 aliphatic carbocycles. The monoisotopic (exact) mass is 199 g/mol. The van der Waals surface area contributed by atoms with Crippen LogP contribution in [0.15, 0.2) is 0 Å². The molecule has 1 fully saturated rings. The zero-order valence-electron chi connectivity index (χ0n) is 8.54. The van der Waals surface area contributed by atoms with Gasteiger partial charge in [-0.15, -0.1) is 0 Å². The second-order valence-corrected chi connectivity index (χ2v) is 3.96. The van der Waals surface area contributed by atoms with Crippen LogP contribution >= 0.6 is 0 Å². The summed E-state index contributed by atoms with van der Waals surface area (Å²) in [6.45, 7) is 4.72. The third kappa shape index (κ3) is 3.33. The Morgan fingerprint density at radius 3 is 2.57 bits per heavy atom. The standard InChI is InChI=1S/C9H17N3O2/c1-5-3-7(5)4-11-6(2)8(13)12-9(10)14/h5-7,11H,3-4H2,1-2H3,(H3,10,12,13,14). The summed E-state index contributed by atoms with van der Waals surface area (Å²) in [5.41, 5.74) is 4.82. The summed E-state index contributed by atoms with van der Waals surface area (Å²) < 4.78 is 0. The highest BCUT2D eigenvalue weighted by Crippen LogP contribution is 2.36. The van der Waals surface area contributed by atoms with Gasteiger partial charge in [0.2, 0.25) is 5.91 Å². The molecule has 0 saturated heterocycles. The number of urea groups is 1. The minimum Gasteiger partial charge on any atom is -0.351 e. The predicted octanol–water partition coefficient (Wildman–Crippen LogP) is -0.185. The van der Waals surface area contributed by atoms with Crippen LogP contribution in [-0.4, -0.2) is 24.5 Å². The van der Waals surface area contributed by atoms with Gasteiger partial charge in [-0.1, -0.05) is 6.92 Å². The molecule has 0 aromatic carbocycles. The molecule has 0 heterocycles. The average Bonchev–Trinajstić information content (AvgIpc) is 2.76. The van der Waals surface area contributed by atoms with Gasteiger partial charge in [0.15, 0.2) is 0 Å². The van der Waals surface area contributed by atoms with Crippen LogP contribution in [0.5, 0.6) is 0 Å². The molecule has 4 N–H and O–H groups in total. The van der Waals surface area contributed by atoms with Crippen molar-refractivity contribution in [1.29, 1.82) is 0 Å². The van der Waals surface area contributed by atoms with E-state index in [0.717, 1.165) is 12.5 Å². The van der Waals surface area contributed by atoms with Gasteiger partial charge in [-0.3, -0.25) is 10.1 Å². The molecule has 1 saturated carbocycles. The topological polar surface area (TPSA) is 84.2 Å². The van der Waals surface area contributed by atoms with E-state index in [2.05, 4.69) is 12.2 Å². The number of nitrogens with one attached hydrogen (secondary N) is 2. The van der Waals surface area contributed by atoms with Crippen molar-refractivity contribution in [3.8, 4) is 0 Å². The van der Waals surface area contributed by atoms with Gasteiger partial charge in [-0.05, 0) is 31.7 Å². The zero-order chi connectivity index (χ0) is 10.7. The number of hydrogen-bond acceptors (Lipinski definition) is 3. The van der Waals surface area contributed by atoms with Crippen LogP contribution in [-0.2, 0) is 4.79 Å². The van der Waals surface area contributed by atoms with Gasteiger partial charge in [0.25, 0.3) is 0 Å². The van der Waals surface area contributed by atoms with Crippen molar-refractivity contribution in [2.75, 3.05) is 6.54 Å². The second kappa shape index (κ2) is 4.41. The van der Waals surface area contributed by atoms with Crippen LogP contribution in [0.4, 0.5) is 4.79 Å². The maximum absolute atomic E-state index is 11.2. The van der Waals surface area contributed by atoms with E-state index in [4.69, 9.17) is 5.73 Å². The van der Waals surface area contributed by atoms with Gasteiger partial charge in [0.1, 0.15) is 0 Å². The number of amides is 3. The Labute approximate surface area is 83.4 Å². The van der Waals surface area contributed by atoms with E-state index in [1.807, 2.05) is 5.32 Å². The molecule has 3 unspecified atom stereocenters.